The Morgan fingerprint density at radius 2 is 1.42 bits per heavy atom. The Labute approximate surface area is 123 Å². The van der Waals surface area contributed by atoms with E-state index in [2.05, 4.69) is 25.3 Å². The standard InChI is InChI=1S/C15H18N2S2/c1-9-11(10-7-5-4-6-8-10)14(18-2)13(17)15(19-3)12(9)16/h4-8H,16-17H2,1-3H3. The molecule has 0 heterocycles. The maximum atomic E-state index is 6.29. The molecular formula is C15H18N2S2. The first kappa shape index (κ1) is 14.2. The largest absolute Gasteiger partial charge is 0.398 e. The molecule has 0 saturated heterocycles. The molecule has 2 nitrogen and oxygen atoms in total. The van der Waals surface area contributed by atoms with Crippen molar-refractivity contribution in [1.29, 1.82) is 0 Å². The van der Waals surface area contributed by atoms with Crippen molar-refractivity contribution in [3.63, 3.8) is 0 Å². The molecule has 0 unspecified atom stereocenters. The zero-order valence-corrected chi connectivity index (χ0v) is 13.0. The first-order valence-corrected chi connectivity index (χ1v) is 8.41. The van der Waals surface area contributed by atoms with Crippen LogP contribution in [-0.4, -0.2) is 12.5 Å². The third-order valence-corrected chi connectivity index (χ3v) is 4.89. The second-order valence-corrected chi connectivity index (χ2v) is 5.89. The number of benzene rings is 2. The summed E-state index contributed by atoms with van der Waals surface area (Å²) in [5.41, 5.74) is 17.5. The Balaban J connectivity index is 2.81. The fourth-order valence-corrected chi connectivity index (χ4v) is 3.80. The molecule has 0 saturated carbocycles. The second-order valence-electron chi connectivity index (χ2n) is 4.26. The van der Waals surface area contributed by atoms with Gasteiger partial charge in [0.1, 0.15) is 0 Å². The summed E-state index contributed by atoms with van der Waals surface area (Å²) in [5, 5.41) is 0. The van der Waals surface area contributed by atoms with Gasteiger partial charge in [0.15, 0.2) is 0 Å². The van der Waals surface area contributed by atoms with Gasteiger partial charge in [-0.15, -0.1) is 23.5 Å². The number of hydrogen-bond acceptors (Lipinski definition) is 4. The van der Waals surface area contributed by atoms with E-state index in [1.54, 1.807) is 23.5 Å². The van der Waals surface area contributed by atoms with Gasteiger partial charge in [-0.3, -0.25) is 0 Å². The zero-order chi connectivity index (χ0) is 14.0. The van der Waals surface area contributed by atoms with Crippen molar-refractivity contribution in [3.8, 4) is 11.1 Å². The van der Waals surface area contributed by atoms with Crippen molar-refractivity contribution in [2.75, 3.05) is 24.0 Å². The van der Waals surface area contributed by atoms with Gasteiger partial charge in [0.2, 0.25) is 0 Å². The van der Waals surface area contributed by atoms with Gasteiger partial charge in [0, 0.05) is 10.5 Å². The highest BCUT2D eigenvalue weighted by molar-refractivity contribution is 7.99. The smallest absolute Gasteiger partial charge is 0.0617 e. The first-order valence-electron chi connectivity index (χ1n) is 5.96. The van der Waals surface area contributed by atoms with Gasteiger partial charge < -0.3 is 11.5 Å². The number of rotatable bonds is 3. The van der Waals surface area contributed by atoms with Gasteiger partial charge in [-0.25, -0.2) is 0 Å². The number of nitrogens with two attached hydrogens (primary N) is 2. The van der Waals surface area contributed by atoms with Crippen LogP contribution in [0.15, 0.2) is 40.1 Å². The highest BCUT2D eigenvalue weighted by Gasteiger charge is 2.18. The molecule has 0 spiro atoms. The topological polar surface area (TPSA) is 52.0 Å². The minimum atomic E-state index is 0.793. The summed E-state index contributed by atoms with van der Waals surface area (Å²) in [6, 6.07) is 10.3. The van der Waals surface area contributed by atoms with Crippen LogP contribution in [-0.2, 0) is 0 Å². The van der Waals surface area contributed by atoms with Crippen molar-refractivity contribution in [3.05, 3.63) is 35.9 Å². The van der Waals surface area contributed by atoms with Gasteiger partial charge in [-0.2, -0.15) is 0 Å². The lowest BCUT2D eigenvalue weighted by Gasteiger charge is -2.19. The lowest BCUT2D eigenvalue weighted by molar-refractivity contribution is 1.28. The van der Waals surface area contributed by atoms with Gasteiger partial charge in [0.25, 0.3) is 0 Å². The van der Waals surface area contributed by atoms with E-state index >= 15 is 0 Å². The van der Waals surface area contributed by atoms with Crippen LogP contribution in [0.1, 0.15) is 5.56 Å². The second kappa shape index (κ2) is 5.80. The Kier molecular flexibility index (Phi) is 4.32. The molecule has 0 aromatic heterocycles. The Morgan fingerprint density at radius 1 is 0.842 bits per heavy atom. The summed E-state index contributed by atoms with van der Waals surface area (Å²) in [6.07, 6.45) is 4.06. The lowest BCUT2D eigenvalue weighted by Crippen LogP contribution is -2.03. The number of hydrogen-bond donors (Lipinski definition) is 2. The maximum absolute atomic E-state index is 6.29. The third-order valence-electron chi connectivity index (χ3n) is 3.21. The summed E-state index contributed by atoms with van der Waals surface area (Å²) < 4.78 is 0. The molecule has 0 radical (unpaired) electrons. The fourth-order valence-electron chi connectivity index (χ4n) is 2.24. The van der Waals surface area contributed by atoms with Gasteiger partial charge in [-0.1, -0.05) is 30.3 Å². The van der Waals surface area contributed by atoms with Crippen molar-refractivity contribution in [2.45, 2.75) is 16.7 Å². The van der Waals surface area contributed by atoms with Crippen LogP contribution in [0.3, 0.4) is 0 Å². The first-order chi connectivity index (χ1) is 9.11. The van der Waals surface area contributed by atoms with Crippen molar-refractivity contribution >= 4 is 34.9 Å². The van der Waals surface area contributed by atoms with E-state index in [9.17, 15) is 0 Å². The van der Waals surface area contributed by atoms with Crippen LogP contribution in [0.5, 0.6) is 0 Å². The van der Waals surface area contributed by atoms with Crippen LogP contribution >= 0.6 is 23.5 Å². The minimum absolute atomic E-state index is 0.793. The third kappa shape index (κ3) is 2.42. The molecule has 2 rings (SSSR count). The quantitative estimate of drug-likeness (QED) is 0.654. The predicted molar refractivity (Wildman–Crippen MR) is 89.0 cm³/mol. The molecule has 0 bridgehead atoms. The fraction of sp³-hybridized carbons (Fsp3) is 0.200. The zero-order valence-electron chi connectivity index (χ0n) is 11.4. The molecule has 0 fully saturated rings. The molecular weight excluding hydrogens is 272 g/mol. The summed E-state index contributed by atoms with van der Waals surface area (Å²) in [5.74, 6) is 0. The van der Waals surface area contributed by atoms with Gasteiger partial charge in [-0.05, 0) is 30.6 Å². The molecule has 0 atom stereocenters. The van der Waals surface area contributed by atoms with Crippen LogP contribution in [0.4, 0.5) is 11.4 Å². The highest BCUT2D eigenvalue weighted by Crippen LogP contribution is 2.45. The molecule has 0 aliphatic heterocycles. The SMILES string of the molecule is CSc1c(N)c(C)c(-c2ccccc2)c(SC)c1N. The summed E-state index contributed by atoms with van der Waals surface area (Å²) in [7, 11) is 0. The molecule has 0 aliphatic rings. The van der Waals surface area contributed by atoms with E-state index in [-0.39, 0.29) is 0 Å². The van der Waals surface area contributed by atoms with E-state index in [0.717, 1.165) is 37.9 Å². The molecule has 4 N–H and O–H groups in total. The summed E-state index contributed by atoms with van der Waals surface area (Å²) >= 11 is 3.28. The molecule has 4 heteroatoms. The molecule has 0 aliphatic carbocycles. The van der Waals surface area contributed by atoms with Crippen molar-refractivity contribution in [1.82, 2.24) is 0 Å². The van der Waals surface area contributed by atoms with Gasteiger partial charge in [0.05, 0.1) is 16.3 Å². The number of thioether (sulfide) groups is 2. The van der Waals surface area contributed by atoms with Crippen LogP contribution in [0.25, 0.3) is 11.1 Å². The van der Waals surface area contributed by atoms with Crippen molar-refractivity contribution in [2.24, 2.45) is 0 Å². The van der Waals surface area contributed by atoms with E-state index in [1.165, 1.54) is 0 Å². The normalized spacial score (nSPS) is 10.7. The number of anilines is 2. The lowest BCUT2D eigenvalue weighted by atomic mass is 9.98. The van der Waals surface area contributed by atoms with E-state index in [1.807, 2.05) is 24.5 Å². The van der Waals surface area contributed by atoms with E-state index < -0.39 is 0 Å². The maximum Gasteiger partial charge on any atom is 0.0617 e. The molecule has 100 valence electrons. The summed E-state index contributed by atoms with van der Waals surface area (Å²) in [6.45, 7) is 2.07. The Hall–Kier alpha value is -1.26. The molecule has 2 aromatic rings. The van der Waals surface area contributed by atoms with Crippen molar-refractivity contribution < 1.29 is 0 Å². The van der Waals surface area contributed by atoms with E-state index in [0.29, 0.717) is 0 Å². The molecule has 2 aromatic carbocycles. The monoisotopic (exact) mass is 290 g/mol. The molecule has 19 heavy (non-hydrogen) atoms. The van der Waals surface area contributed by atoms with E-state index in [4.69, 9.17) is 11.5 Å². The number of nitrogen functional groups attached to an aromatic ring is 2. The summed E-state index contributed by atoms with van der Waals surface area (Å²) in [4.78, 5) is 2.10. The van der Waals surface area contributed by atoms with Crippen LogP contribution < -0.4 is 11.5 Å². The van der Waals surface area contributed by atoms with Gasteiger partial charge >= 0.3 is 0 Å². The average molecular weight is 290 g/mol. The average Bonchev–Trinajstić information content (AvgIpc) is 2.44. The van der Waals surface area contributed by atoms with Crippen LogP contribution in [0, 0.1) is 6.92 Å². The predicted octanol–water partition coefficient (Wildman–Crippen LogP) is 4.27. The highest BCUT2D eigenvalue weighted by atomic mass is 32.2. The minimum Gasteiger partial charge on any atom is -0.398 e. The Bertz CT molecular complexity index is 595. The molecule has 0 amide bonds. The van der Waals surface area contributed by atoms with Crippen LogP contribution in [0.2, 0.25) is 0 Å². The Morgan fingerprint density at radius 3 is 1.95 bits per heavy atom.